The van der Waals surface area contributed by atoms with Crippen molar-refractivity contribution in [3.05, 3.63) is 94.0 Å². The van der Waals surface area contributed by atoms with Crippen molar-refractivity contribution in [1.29, 1.82) is 0 Å². The third-order valence-corrected chi connectivity index (χ3v) is 10.9. The molecule has 268 valence electrons. The molecule has 4 aliphatic heterocycles. The SMILES string of the molecule is COc1ccc2cc1Oc1cc3c(cc1OC)CC[N+](C)(C)[C@@H]3Cc1ccc(cc1)Oc1c(OC)c(OC)cc3c1[C@@H](C2)[N+](C)(C)CC3.[I-].[I-]. The summed E-state index contributed by atoms with van der Waals surface area (Å²) >= 11 is 0. The second-order valence-corrected chi connectivity index (χ2v) is 14.5. The Bertz CT molecular complexity index is 1860. The van der Waals surface area contributed by atoms with Crippen molar-refractivity contribution < 1.29 is 85.3 Å². The number of halogens is 2. The van der Waals surface area contributed by atoms with E-state index in [4.69, 9.17) is 28.4 Å². The summed E-state index contributed by atoms with van der Waals surface area (Å²) in [4.78, 5) is 0. The number of nitrogens with zero attached hydrogens (tertiary/aromatic N) is 2. The highest BCUT2D eigenvalue weighted by Crippen LogP contribution is 2.52. The second-order valence-electron chi connectivity index (χ2n) is 14.5. The average Bonchev–Trinajstić information content (AvgIpc) is 3.07. The van der Waals surface area contributed by atoms with Gasteiger partial charge >= 0.3 is 0 Å². The van der Waals surface area contributed by atoms with Gasteiger partial charge in [0, 0.05) is 31.2 Å². The van der Waals surface area contributed by atoms with Gasteiger partial charge in [0.15, 0.2) is 34.5 Å². The van der Waals surface area contributed by atoms with Crippen molar-refractivity contribution in [2.24, 2.45) is 0 Å². The molecule has 0 spiro atoms. The fraction of sp³-hybridized carbons (Fsp3) is 0.400. The Balaban J connectivity index is 0.00000243. The molecule has 0 aromatic heterocycles. The molecule has 4 aromatic rings. The van der Waals surface area contributed by atoms with E-state index in [1.807, 2.05) is 6.07 Å². The first kappa shape index (κ1) is 38.3. The number of hydrogen-bond acceptors (Lipinski definition) is 6. The van der Waals surface area contributed by atoms with Crippen molar-refractivity contribution >= 4 is 0 Å². The maximum Gasteiger partial charge on any atom is 0.204 e. The molecule has 2 atom stereocenters. The summed E-state index contributed by atoms with van der Waals surface area (Å²) in [5, 5.41) is 0. The molecule has 0 N–H and O–H groups in total. The molecule has 6 bridgehead atoms. The zero-order chi connectivity index (χ0) is 33.8. The fourth-order valence-corrected chi connectivity index (χ4v) is 7.95. The summed E-state index contributed by atoms with van der Waals surface area (Å²) in [5.41, 5.74) is 7.34. The molecule has 0 unspecified atom stereocenters. The lowest BCUT2D eigenvalue weighted by atomic mass is 9.85. The van der Waals surface area contributed by atoms with Gasteiger partial charge in [-0.05, 0) is 64.7 Å². The van der Waals surface area contributed by atoms with Crippen molar-refractivity contribution in [2.45, 2.75) is 37.8 Å². The van der Waals surface area contributed by atoms with Gasteiger partial charge in [-0.2, -0.15) is 0 Å². The number of benzene rings is 4. The van der Waals surface area contributed by atoms with Crippen LogP contribution in [0.25, 0.3) is 0 Å². The predicted molar refractivity (Wildman–Crippen MR) is 186 cm³/mol. The smallest absolute Gasteiger partial charge is 0.204 e. The first-order chi connectivity index (χ1) is 23.0. The van der Waals surface area contributed by atoms with E-state index in [9.17, 15) is 0 Å². The van der Waals surface area contributed by atoms with E-state index in [0.717, 1.165) is 76.1 Å². The number of quaternary nitrogens is 2. The van der Waals surface area contributed by atoms with Gasteiger partial charge in [-0.1, -0.05) is 18.2 Å². The minimum absolute atomic E-state index is 0. The second kappa shape index (κ2) is 15.0. The molecule has 4 heterocycles. The quantitative estimate of drug-likeness (QED) is 0.229. The molecule has 4 aliphatic rings. The van der Waals surface area contributed by atoms with Crippen LogP contribution in [0.3, 0.4) is 0 Å². The largest absolute Gasteiger partial charge is 1.00 e. The van der Waals surface area contributed by atoms with Crippen LogP contribution in [-0.4, -0.2) is 78.7 Å². The first-order valence-corrected chi connectivity index (χ1v) is 16.8. The summed E-state index contributed by atoms with van der Waals surface area (Å²) in [6.07, 6.45) is 3.50. The average molecular weight is 907 g/mol. The predicted octanol–water partition coefficient (Wildman–Crippen LogP) is 1.46. The lowest BCUT2D eigenvalue weighted by molar-refractivity contribution is -0.923. The standard InChI is InChI=1S/C40H48N2O6.2HI/c1-41(2)17-15-27-22-34(44-6)36-24-30(27)31(41)19-25-9-12-29(13-10-25)47-40-38-28(23-37(45-7)39(40)46-8)16-18-42(3,4)32(38)20-26-11-14-33(43-5)35(21-26)48-36;;/h9-14,21-24,31-32H,15-20H2,1-8H3;2*1H/q+2;;/p-2/t31-,32-;;/m1../s1. The molecular formula is C40H48I2N2O6. The molecule has 10 heteroatoms. The van der Waals surface area contributed by atoms with E-state index in [0.29, 0.717) is 28.7 Å². The van der Waals surface area contributed by atoms with Crippen LogP contribution >= 0.6 is 0 Å². The molecule has 50 heavy (non-hydrogen) atoms. The number of likely N-dealkylation sites (N-methyl/N-ethyl adjacent to an activating group) is 2. The zero-order valence-electron chi connectivity index (χ0n) is 30.3. The monoisotopic (exact) mass is 906 g/mol. The molecule has 0 saturated carbocycles. The van der Waals surface area contributed by atoms with Gasteiger partial charge in [0.25, 0.3) is 0 Å². The van der Waals surface area contributed by atoms with Crippen LogP contribution in [0.5, 0.6) is 46.0 Å². The van der Waals surface area contributed by atoms with Gasteiger partial charge in [0.2, 0.25) is 5.75 Å². The minimum Gasteiger partial charge on any atom is -1.00 e. The van der Waals surface area contributed by atoms with Crippen molar-refractivity contribution in [3.63, 3.8) is 0 Å². The van der Waals surface area contributed by atoms with E-state index >= 15 is 0 Å². The van der Waals surface area contributed by atoms with Gasteiger partial charge in [0.1, 0.15) is 17.8 Å². The minimum atomic E-state index is 0. The number of hydrogen-bond donors (Lipinski definition) is 0. The van der Waals surface area contributed by atoms with Crippen LogP contribution in [0.2, 0.25) is 0 Å². The van der Waals surface area contributed by atoms with E-state index in [-0.39, 0.29) is 60.0 Å². The summed E-state index contributed by atoms with van der Waals surface area (Å²) in [6, 6.07) is 21.6. The van der Waals surface area contributed by atoms with Crippen molar-refractivity contribution in [2.75, 3.05) is 69.7 Å². The van der Waals surface area contributed by atoms with Gasteiger partial charge in [0.05, 0.1) is 75.3 Å². The van der Waals surface area contributed by atoms with Crippen LogP contribution in [0.15, 0.2) is 60.7 Å². The highest BCUT2D eigenvalue weighted by molar-refractivity contribution is 5.62. The normalized spacial score (nSPS) is 19.4. The van der Waals surface area contributed by atoms with E-state index < -0.39 is 0 Å². The van der Waals surface area contributed by atoms with Crippen LogP contribution in [0.4, 0.5) is 0 Å². The lowest BCUT2D eigenvalue weighted by Crippen LogP contribution is -3.00. The third-order valence-electron chi connectivity index (χ3n) is 10.9. The van der Waals surface area contributed by atoms with E-state index in [1.54, 1.807) is 28.4 Å². The maximum absolute atomic E-state index is 6.86. The van der Waals surface area contributed by atoms with E-state index in [1.165, 1.54) is 22.3 Å². The van der Waals surface area contributed by atoms with Crippen LogP contribution in [0, 0.1) is 0 Å². The van der Waals surface area contributed by atoms with Crippen molar-refractivity contribution in [3.8, 4) is 46.0 Å². The topological polar surface area (TPSA) is 55.4 Å². The Morgan fingerprint density at radius 1 is 0.580 bits per heavy atom. The third kappa shape index (κ3) is 6.97. The van der Waals surface area contributed by atoms with Gasteiger partial charge in [-0.25, -0.2) is 0 Å². The first-order valence-electron chi connectivity index (χ1n) is 16.8. The molecule has 0 saturated heterocycles. The Kier molecular flexibility index (Phi) is 11.5. The summed E-state index contributed by atoms with van der Waals surface area (Å²) in [6.45, 7) is 2.01. The lowest BCUT2D eigenvalue weighted by Gasteiger charge is -2.43. The van der Waals surface area contributed by atoms with Gasteiger partial charge < -0.3 is 85.3 Å². The van der Waals surface area contributed by atoms with Gasteiger partial charge in [-0.3, -0.25) is 0 Å². The van der Waals surface area contributed by atoms with Crippen LogP contribution in [0.1, 0.15) is 45.5 Å². The molecule has 4 aromatic carbocycles. The highest BCUT2D eigenvalue weighted by atomic mass is 127. The molecule has 0 radical (unpaired) electrons. The fourth-order valence-electron chi connectivity index (χ4n) is 7.95. The molecule has 0 fully saturated rings. The van der Waals surface area contributed by atoms with Crippen molar-refractivity contribution in [1.82, 2.24) is 0 Å². The summed E-state index contributed by atoms with van der Waals surface area (Å²) in [7, 11) is 16.0. The highest BCUT2D eigenvalue weighted by Gasteiger charge is 2.41. The number of rotatable bonds is 4. The maximum atomic E-state index is 6.86. The number of fused-ring (bicyclic) bond motifs is 2. The number of methoxy groups -OCH3 is 4. The molecule has 0 amide bonds. The van der Waals surface area contributed by atoms with Gasteiger partial charge in [-0.15, -0.1) is 0 Å². The van der Waals surface area contributed by atoms with Crippen LogP contribution in [-0.2, 0) is 25.7 Å². The Morgan fingerprint density at radius 2 is 1.16 bits per heavy atom. The Labute approximate surface area is 330 Å². The molecule has 0 aliphatic carbocycles. The summed E-state index contributed by atoms with van der Waals surface area (Å²) in [5.74, 6) is 5.54. The van der Waals surface area contributed by atoms with Crippen LogP contribution < -0.4 is 76.4 Å². The molecular weight excluding hydrogens is 858 g/mol. The Morgan fingerprint density at radius 3 is 1.82 bits per heavy atom. The molecule has 8 nitrogen and oxygen atoms in total. The Hall–Kier alpha value is -2.94. The zero-order valence-corrected chi connectivity index (χ0v) is 34.6. The number of ether oxygens (including phenoxy) is 6. The molecule has 8 rings (SSSR count). The summed E-state index contributed by atoms with van der Waals surface area (Å²) < 4.78 is 39.0. The van der Waals surface area contributed by atoms with E-state index in [2.05, 4.69) is 82.8 Å².